The molecule has 1 aromatic carbocycles. The zero-order valence-electron chi connectivity index (χ0n) is 27.4. The topological polar surface area (TPSA) is 245 Å². The molecule has 16 nitrogen and oxygen atoms in total. The maximum absolute atomic E-state index is 14.0. The van der Waals surface area contributed by atoms with Crippen LogP contribution in [-0.4, -0.2) is 135 Å². The lowest BCUT2D eigenvalue weighted by atomic mass is 9.38. The molecule has 1 aromatic rings. The Hall–Kier alpha value is -3.48. The van der Waals surface area contributed by atoms with E-state index in [9.17, 15) is 49.8 Å². The van der Waals surface area contributed by atoms with E-state index in [-0.39, 0.29) is 30.8 Å². The molecule has 3 aliphatic carbocycles. The van der Waals surface area contributed by atoms with Crippen LogP contribution in [0.2, 0.25) is 0 Å². The number of hydrogen-bond acceptors (Lipinski definition) is 16. The molecule has 5 fully saturated rings. The van der Waals surface area contributed by atoms with Gasteiger partial charge < -0.3 is 59.1 Å². The molecule has 2 bridgehead atoms. The molecular formula is C34H40O16. The molecule has 0 aromatic heterocycles. The van der Waals surface area contributed by atoms with Gasteiger partial charge in [0, 0.05) is 17.8 Å². The van der Waals surface area contributed by atoms with Crippen molar-refractivity contribution in [3.63, 3.8) is 0 Å². The number of carbonyl (C=O) groups excluding carboxylic acids is 4. The number of benzene rings is 1. The number of rotatable bonds is 6. The normalized spacial score (nSPS) is 46.3. The minimum Gasteiger partial charge on any atom is -0.467 e. The molecule has 0 unspecified atom stereocenters. The van der Waals surface area contributed by atoms with Crippen LogP contribution in [0.25, 0.3) is 0 Å². The van der Waals surface area contributed by atoms with Crippen molar-refractivity contribution < 1.29 is 78.2 Å². The van der Waals surface area contributed by atoms with Crippen molar-refractivity contribution in [1.82, 2.24) is 0 Å². The summed E-state index contributed by atoms with van der Waals surface area (Å²) >= 11 is 0. The number of methoxy groups -OCH3 is 1. The summed E-state index contributed by atoms with van der Waals surface area (Å²) in [4.78, 5) is 54.8. The van der Waals surface area contributed by atoms with E-state index in [1.807, 2.05) is 0 Å². The summed E-state index contributed by atoms with van der Waals surface area (Å²) in [6.45, 7) is 2.28. The van der Waals surface area contributed by atoms with Crippen LogP contribution in [0.5, 0.6) is 0 Å². The van der Waals surface area contributed by atoms with Gasteiger partial charge in [0.15, 0.2) is 11.5 Å². The van der Waals surface area contributed by atoms with Gasteiger partial charge >= 0.3 is 17.9 Å². The van der Waals surface area contributed by atoms with Gasteiger partial charge in [0.05, 0.1) is 37.9 Å². The third-order valence-electron chi connectivity index (χ3n) is 12.1. The highest BCUT2D eigenvalue weighted by molar-refractivity contribution is 5.96. The summed E-state index contributed by atoms with van der Waals surface area (Å²) in [5.74, 6) is -6.96. The average Bonchev–Trinajstić information content (AvgIpc) is 3.41. The van der Waals surface area contributed by atoms with Gasteiger partial charge in [0.2, 0.25) is 18.0 Å². The van der Waals surface area contributed by atoms with Crippen molar-refractivity contribution in [3.05, 3.63) is 47.2 Å². The Kier molecular flexibility index (Phi) is 8.42. The van der Waals surface area contributed by atoms with Crippen molar-refractivity contribution in [2.75, 3.05) is 20.3 Å². The highest BCUT2D eigenvalue weighted by atomic mass is 16.7. The zero-order valence-corrected chi connectivity index (χ0v) is 27.4. The van der Waals surface area contributed by atoms with Crippen LogP contribution >= 0.6 is 0 Å². The number of aliphatic hydroxyl groups is 6. The molecule has 3 heterocycles. The molecule has 16 heteroatoms. The second-order valence-corrected chi connectivity index (χ2v) is 14.4. The number of hydrogen-bond donors (Lipinski definition) is 6. The fourth-order valence-electron chi connectivity index (χ4n) is 10.0. The van der Waals surface area contributed by atoms with Gasteiger partial charge in [-0.25, -0.2) is 14.4 Å². The smallest absolute Gasteiger partial charge is 0.348 e. The van der Waals surface area contributed by atoms with Crippen molar-refractivity contribution >= 4 is 23.7 Å². The molecule has 15 atom stereocenters. The number of ether oxygens (including phenoxy) is 6. The molecule has 7 rings (SSSR count). The number of Topliss-reactive ketones (excluding diaryl/α,β-unsaturated/α-hetero) is 1. The van der Waals surface area contributed by atoms with E-state index in [0.29, 0.717) is 5.57 Å². The van der Waals surface area contributed by atoms with Gasteiger partial charge in [-0.05, 0) is 42.4 Å². The SMILES string of the molecule is COC(=O)[C@@]12OC[C@]34[C@H]([C@@H](O)[C@@H]1O)[C@@]1(C)CC(=O)C(O[C@H]5O[C@H](CO)[C@@H](O)[C@H](O)[C@H]5O)=C(C)[C@@H]1C[C@H]3OC(=O)[C@H](OC(=O)c1ccccc1)[C@@H]24. The summed E-state index contributed by atoms with van der Waals surface area (Å²) in [6.07, 6.45) is -15.0. The molecule has 1 spiro atoms. The monoisotopic (exact) mass is 704 g/mol. The lowest BCUT2D eigenvalue weighted by Gasteiger charge is -2.67. The van der Waals surface area contributed by atoms with E-state index in [4.69, 9.17) is 28.4 Å². The third kappa shape index (κ3) is 4.52. The highest BCUT2D eigenvalue weighted by Crippen LogP contribution is 2.73. The first-order chi connectivity index (χ1) is 23.7. The van der Waals surface area contributed by atoms with Gasteiger partial charge in [-0.2, -0.15) is 0 Å². The predicted molar refractivity (Wildman–Crippen MR) is 161 cm³/mol. The molecule has 2 saturated carbocycles. The van der Waals surface area contributed by atoms with Crippen LogP contribution in [0.15, 0.2) is 41.7 Å². The first kappa shape index (κ1) is 34.9. The first-order valence-corrected chi connectivity index (χ1v) is 16.4. The van der Waals surface area contributed by atoms with Gasteiger partial charge in [0.1, 0.15) is 36.6 Å². The molecular weight excluding hydrogens is 664 g/mol. The van der Waals surface area contributed by atoms with E-state index in [2.05, 4.69) is 0 Å². The molecule has 6 N–H and O–H groups in total. The van der Waals surface area contributed by atoms with Gasteiger partial charge in [-0.1, -0.05) is 25.1 Å². The zero-order chi connectivity index (χ0) is 36.1. The summed E-state index contributed by atoms with van der Waals surface area (Å²) in [6, 6.07) is 7.81. The van der Waals surface area contributed by atoms with Crippen molar-refractivity contribution in [3.8, 4) is 0 Å². The quantitative estimate of drug-likeness (QED) is 0.140. The van der Waals surface area contributed by atoms with Gasteiger partial charge in [-0.15, -0.1) is 0 Å². The standard InChI is InChI=1S/C34H40O16/c1-13-15-9-18-33-12-46-34(31(44)45-3,26(33)24(29(43)48-18)49-28(42)14-7-5-4-6-8-14)27(41)22(40)25(33)32(15,2)10-16(36)23(13)50-30-21(39)20(38)19(37)17(11-35)47-30/h4-8,15,17-22,24-27,30,35,37-41H,9-12H2,1-3H3/t15-,17+,18+,19+,20-,21+,22+,24+,25+,26+,27-,30+,32-,33+,34-/m0/s1. The Morgan fingerprint density at radius 2 is 1.68 bits per heavy atom. The Labute approximate surface area is 285 Å². The molecule has 272 valence electrons. The van der Waals surface area contributed by atoms with Gasteiger partial charge in [0.25, 0.3) is 0 Å². The van der Waals surface area contributed by atoms with Crippen LogP contribution in [0.1, 0.15) is 37.0 Å². The lowest BCUT2D eigenvalue weighted by Crippen LogP contribution is -2.79. The van der Waals surface area contributed by atoms with E-state index < -0.39 is 120 Å². The van der Waals surface area contributed by atoms with Crippen molar-refractivity contribution in [2.24, 2.45) is 28.6 Å². The number of allylic oxidation sites excluding steroid dienone is 2. The fourth-order valence-corrected chi connectivity index (χ4v) is 10.0. The number of aliphatic hydroxyl groups excluding tert-OH is 6. The summed E-state index contributed by atoms with van der Waals surface area (Å²) < 4.78 is 34.4. The van der Waals surface area contributed by atoms with Crippen LogP contribution in [0.4, 0.5) is 0 Å². The van der Waals surface area contributed by atoms with Crippen LogP contribution in [-0.2, 0) is 42.8 Å². The Balaban J connectivity index is 1.31. The molecule has 0 radical (unpaired) electrons. The number of fused-ring (bicyclic) bond motifs is 2. The minimum atomic E-state index is -2.34. The van der Waals surface area contributed by atoms with E-state index in [1.54, 1.807) is 32.0 Å². The number of ketones is 1. The molecule has 50 heavy (non-hydrogen) atoms. The molecule has 3 aliphatic heterocycles. The van der Waals surface area contributed by atoms with Crippen LogP contribution in [0.3, 0.4) is 0 Å². The average molecular weight is 705 g/mol. The highest BCUT2D eigenvalue weighted by Gasteiger charge is 2.85. The van der Waals surface area contributed by atoms with Gasteiger partial charge in [-0.3, -0.25) is 4.79 Å². The summed E-state index contributed by atoms with van der Waals surface area (Å²) in [5.41, 5.74) is -4.56. The lowest BCUT2D eigenvalue weighted by molar-refractivity contribution is -0.295. The van der Waals surface area contributed by atoms with Crippen molar-refractivity contribution in [1.29, 1.82) is 0 Å². The first-order valence-electron chi connectivity index (χ1n) is 16.4. The second-order valence-electron chi connectivity index (χ2n) is 14.4. The van der Waals surface area contributed by atoms with Crippen LogP contribution < -0.4 is 0 Å². The maximum atomic E-state index is 14.0. The maximum Gasteiger partial charge on any atom is 0.348 e. The number of carbonyl (C=O) groups is 4. The Bertz CT molecular complexity index is 1610. The molecule has 3 saturated heterocycles. The Morgan fingerprint density at radius 1 is 0.980 bits per heavy atom. The summed E-state index contributed by atoms with van der Waals surface area (Å²) in [7, 11) is 1.06. The van der Waals surface area contributed by atoms with E-state index >= 15 is 0 Å². The minimum absolute atomic E-state index is 0.0265. The fraction of sp³-hybridized carbons (Fsp3) is 0.647. The largest absolute Gasteiger partial charge is 0.467 e. The van der Waals surface area contributed by atoms with E-state index in [0.717, 1.165) is 7.11 Å². The third-order valence-corrected chi connectivity index (χ3v) is 12.1. The predicted octanol–water partition coefficient (Wildman–Crippen LogP) is -1.88. The summed E-state index contributed by atoms with van der Waals surface area (Å²) in [5, 5.41) is 64.6. The van der Waals surface area contributed by atoms with Crippen molar-refractivity contribution in [2.45, 2.75) is 87.4 Å². The second kappa shape index (κ2) is 12.1. The molecule has 6 aliphatic rings. The Morgan fingerprint density at radius 3 is 2.34 bits per heavy atom. The molecule has 0 amide bonds. The number of esters is 3. The van der Waals surface area contributed by atoms with Crippen LogP contribution in [0, 0.1) is 28.6 Å². The van der Waals surface area contributed by atoms with E-state index in [1.165, 1.54) is 12.1 Å².